The standard InChI is InChI=1S/C23H30N2O3S/c1-13(2)28-16-9-6-14(7-10-16)21(27)25-22-19(20(24)26)17-11-8-15(23(3,4)5)12-18(17)29-22/h6-7,9-10,13,15H,8,11-12H2,1-5H3,(H2,24,26)(H,25,27)/t15-/m0/s1. The molecule has 1 aliphatic rings. The van der Waals surface area contributed by atoms with Gasteiger partial charge in [0, 0.05) is 10.4 Å². The maximum Gasteiger partial charge on any atom is 0.256 e. The van der Waals surface area contributed by atoms with E-state index in [4.69, 9.17) is 10.5 Å². The van der Waals surface area contributed by atoms with Crippen molar-refractivity contribution in [2.75, 3.05) is 5.32 Å². The molecule has 5 nitrogen and oxygen atoms in total. The number of hydrogen-bond acceptors (Lipinski definition) is 4. The predicted molar refractivity (Wildman–Crippen MR) is 118 cm³/mol. The Kier molecular flexibility index (Phi) is 6.03. The fourth-order valence-electron chi connectivity index (χ4n) is 3.81. The normalized spacial score (nSPS) is 16.4. The third-order valence-electron chi connectivity index (χ3n) is 5.45. The van der Waals surface area contributed by atoms with Crippen LogP contribution in [0.25, 0.3) is 0 Å². The van der Waals surface area contributed by atoms with Crippen LogP contribution in [0, 0.1) is 11.3 Å². The first-order chi connectivity index (χ1) is 13.6. The second kappa shape index (κ2) is 8.19. The van der Waals surface area contributed by atoms with Crippen molar-refractivity contribution in [2.45, 2.75) is 60.0 Å². The van der Waals surface area contributed by atoms with Crippen molar-refractivity contribution < 1.29 is 14.3 Å². The lowest BCUT2D eigenvalue weighted by Gasteiger charge is -2.33. The summed E-state index contributed by atoms with van der Waals surface area (Å²) in [6.45, 7) is 10.7. The van der Waals surface area contributed by atoms with Gasteiger partial charge in [-0.05, 0) is 74.3 Å². The van der Waals surface area contributed by atoms with Gasteiger partial charge in [0.05, 0.1) is 11.7 Å². The lowest BCUT2D eigenvalue weighted by Crippen LogP contribution is -2.27. The van der Waals surface area contributed by atoms with Crippen molar-refractivity contribution in [3.63, 3.8) is 0 Å². The molecular weight excluding hydrogens is 384 g/mol. The smallest absolute Gasteiger partial charge is 0.256 e. The van der Waals surface area contributed by atoms with Crippen molar-refractivity contribution in [3.8, 4) is 5.75 Å². The minimum absolute atomic E-state index is 0.0714. The van der Waals surface area contributed by atoms with Crippen molar-refractivity contribution in [2.24, 2.45) is 17.1 Å². The minimum Gasteiger partial charge on any atom is -0.491 e. The number of hydrogen-bond donors (Lipinski definition) is 2. The molecule has 2 amide bonds. The third kappa shape index (κ3) is 4.81. The molecule has 0 radical (unpaired) electrons. The van der Waals surface area contributed by atoms with E-state index in [0.717, 1.165) is 24.8 Å². The van der Waals surface area contributed by atoms with Crippen LogP contribution in [0.5, 0.6) is 5.75 Å². The summed E-state index contributed by atoms with van der Waals surface area (Å²) in [6, 6.07) is 6.99. The van der Waals surface area contributed by atoms with Crippen LogP contribution in [0.4, 0.5) is 5.00 Å². The van der Waals surface area contributed by atoms with E-state index < -0.39 is 5.91 Å². The van der Waals surface area contributed by atoms with Crippen LogP contribution < -0.4 is 15.8 Å². The molecule has 0 saturated carbocycles. The zero-order valence-corrected chi connectivity index (χ0v) is 18.6. The van der Waals surface area contributed by atoms with Crippen LogP contribution in [0.1, 0.15) is 72.2 Å². The molecule has 1 heterocycles. The van der Waals surface area contributed by atoms with Crippen molar-refractivity contribution >= 4 is 28.2 Å². The molecule has 1 aromatic heterocycles. The van der Waals surface area contributed by atoms with Gasteiger partial charge < -0.3 is 15.8 Å². The van der Waals surface area contributed by atoms with Crippen LogP contribution in [0.3, 0.4) is 0 Å². The maximum absolute atomic E-state index is 12.8. The van der Waals surface area contributed by atoms with Gasteiger partial charge in [-0.25, -0.2) is 0 Å². The first-order valence-corrected chi connectivity index (χ1v) is 10.9. The lowest BCUT2D eigenvalue weighted by atomic mass is 9.72. The van der Waals surface area contributed by atoms with E-state index in [9.17, 15) is 9.59 Å². The number of nitrogens with one attached hydrogen (secondary N) is 1. The quantitative estimate of drug-likeness (QED) is 0.719. The summed E-state index contributed by atoms with van der Waals surface area (Å²) in [7, 11) is 0. The first-order valence-electron chi connectivity index (χ1n) is 10.1. The predicted octanol–water partition coefficient (Wildman–Crippen LogP) is 5.04. The summed E-state index contributed by atoms with van der Waals surface area (Å²) >= 11 is 1.49. The topological polar surface area (TPSA) is 81.4 Å². The summed E-state index contributed by atoms with van der Waals surface area (Å²) in [5, 5.41) is 3.48. The molecule has 0 unspecified atom stereocenters. The molecule has 3 N–H and O–H groups in total. The van der Waals surface area contributed by atoms with E-state index in [1.807, 2.05) is 13.8 Å². The Balaban J connectivity index is 1.83. The third-order valence-corrected chi connectivity index (χ3v) is 6.62. The van der Waals surface area contributed by atoms with Gasteiger partial charge in [-0.2, -0.15) is 0 Å². The first kappa shape index (κ1) is 21.4. The second-order valence-electron chi connectivity index (χ2n) is 9.02. The summed E-state index contributed by atoms with van der Waals surface area (Å²) in [6.07, 6.45) is 2.84. The number of primary amides is 1. The molecule has 29 heavy (non-hydrogen) atoms. The zero-order chi connectivity index (χ0) is 21.3. The summed E-state index contributed by atoms with van der Waals surface area (Å²) in [4.78, 5) is 26.1. The van der Waals surface area contributed by atoms with E-state index in [1.165, 1.54) is 16.2 Å². The summed E-state index contributed by atoms with van der Waals surface area (Å²) in [5.41, 5.74) is 7.89. The Morgan fingerprint density at radius 2 is 1.86 bits per heavy atom. The maximum atomic E-state index is 12.8. The Morgan fingerprint density at radius 3 is 2.41 bits per heavy atom. The number of anilines is 1. The van der Waals surface area contributed by atoms with Crippen molar-refractivity contribution in [1.29, 1.82) is 0 Å². The molecule has 6 heteroatoms. The average molecular weight is 415 g/mol. The zero-order valence-electron chi connectivity index (χ0n) is 17.8. The van der Waals surface area contributed by atoms with Crippen LogP contribution in [0.2, 0.25) is 0 Å². The highest BCUT2D eigenvalue weighted by molar-refractivity contribution is 7.17. The van der Waals surface area contributed by atoms with Gasteiger partial charge in [0.25, 0.3) is 11.8 Å². The van der Waals surface area contributed by atoms with E-state index in [2.05, 4.69) is 26.1 Å². The molecule has 0 bridgehead atoms. The van der Waals surface area contributed by atoms with E-state index >= 15 is 0 Å². The fraction of sp³-hybridized carbons (Fsp3) is 0.478. The summed E-state index contributed by atoms with van der Waals surface area (Å²) < 4.78 is 5.62. The molecule has 156 valence electrons. The SMILES string of the molecule is CC(C)Oc1ccc(C(=O)Nc2sc3c(c2C(N)=O)CC[C@H](C(C)(C)C)C3)cc1. The molecule has 0 fully saturated rings. The largest absolute Gasteiger partial charge is 0.491 e. The number of rotatable bonds is 5. The molecular formula is C23H30N2O3S. The number of ether oxygens (including phenoxy) is 1. The second-order valence-corrected chi connectivity index (χ2v) is 10.1. The fourth-order valence-corrected chi connectivity index (χ4v) is 5.13. The number of nitrogens with two attached hydrogens (primary N) is 1. The summed E-state index contributed by atoms with van der Waals surface area (Å²) in [5.74, 6) is 0.530. The van der Waals surface area contributed by atoms with E-state index in [0.29, 0.717) is 27.8 Å². The average Bonchev–Trinajstić information content (AvgIpc) is 2.98. The van der Waals surface area contributed by atoms with Gasteiger partial charge >= 0.3 is 0 Å². The van der Waals surface area contributed by atoms with E-state index in [-0.39, 0.29) is 17.4 Å². The van der Waals surface area contributed by atoms with Gasteiger partial charge in [0.2, 0.25) is 0 Å². The number of amides is 2. The molecule has 2 aromatic rings. The van der Waals surface area contributed by atoms with E-state index in [1.54, 1.807) is 24.3 Å². The van der Waals surface area contributed by atoms with Gasteiger partial charge in [-0.15, -0.1) is 11.3 Å². The monoisotopic (exact) mass is 414 g/mol. The molecule has 1 aromatic carbocycles. The molecule has 0 aliphatic heterocycles. The van der Waals surface area contributed by atoms with Crippen molar-refractivity contribution in [1.82, 2.24) is 0 Å². The molecule has 0 spiro atoms. The molecule has 1 aliphatic carbocycles. The highest BCUT2D eigenvalue weighted by Gasteiger charge is 2.33. The van der Waals surface area contributed by atoms with Gasteiger partial charge in [-0.1, -0.05) is 20.8 Å². The van der Waals surface area contributed by atoms with Gasteiger partial charge in [-0.3, -0.25) is 9.59 Å². The van der Waals surface area contributed by atoms with Crippen LogP contribution in [-0.2, 0) is 12.8 Å². The van der Waals surface area contributed by atoms with Gasteiger partial charge in [0.1, 0.15) is 10.8 Å². The van der Waals surface area contributed by atoms with Crippen LogP contribution in [0.15, 0.2) is 24.3 Å². The number of benzene rings is 1. The van der Waals surface area contributed by atoms with Crippen molar-refractivity contribution in [3.05, 3.63) is 45.8 Å². The minimum atomic E-state index is -0.479. The number of thiophene rings is 1. The molecule has 0 saturated heterocycles. The Bertz CT molecular complexity index is 907. The highest BCUT2D eigenvalue weighted by atomic mass is 32.1. The lowest BCUT2D eigenvalue weighted by molar-refractivity contribution is 0.1000. The number of fused-ring (bicyclic) bond motifs is 1. The van der Waals surface area contributed by atoms with Crippen LogP contribution in [-0.4, -0.2) is 17.9 Å². The molecule has 3 rings (SSSR count). The number of carbonyl (C=O) groups is 2. The Hall–Kier alpha value is -2.34. The Morgan fingerprint density at radius 1 is 1.21 bits per heavy atom. The highest BCUT2D eigenvalue weighted by Crippen LogP contribution is 2.44. The number of carbonyl (C=O) groups excluding carboxylic acids is 2. The Labute approximate surface area is 176 Å². The van der Waals surface area contributed by atoms with Gasteiger partial charge in [0.15, 0.2) is 0 Å². The molecule has 1 atom stereocenters. The van der Waals surface area contributed by atoms with Crippen LogP contribution >= 0.6 is 11.3 Å².